The minimum absolute atomic E-state index is 0.194. The molecule has 0 saturated carbocycles. The van der Waals surface area contributed by atoms with Gasteiger partial charge in [0.15, 0.2) is 0 Å². The smallest absolute Gasteiger partial charge is 0.330 e. The Labute approximate surface area is 98.2 Å². The molecule has 1 aromatic rings. The third-order valence-corrected chi connectivity index (χ3v) is 2.70. The Balaban J connectivity index is 2.82. The van der Waals surface area contributed by atoms with Gasteiger partial charge in [0, 0.05) is 5.56 Å². The fourth-order valence-electron chi connectivity index (χ4n) is 1.06. The summed E-state index contributed by atoms with van der Waals surface area (Å²) < 4.78 is 0. The number of alkyl halides is 1. The van der Waals surface area contributed by atoms with Crippen molar-refractivity contribution in [3.8, 4) is 0 Å². The first-order valence-corrected chi connectivity index (χ1v) is 5.20. The number of hydrogen-bond donors (Lipinski definition) is 2. The third-order valence-electron chi connectivity index (χ3n) is 2.16. The van der Waals surface area contributed by atoms with Crippen molar-refractivity contribution in [2.75, 3.05) is 5.88 Å². The zero-order valence-electron chi connectivity index (χ0n) is 8.74. The number of amides is 1. The molecule has 0 heterocycles. The summed E-state index contributed by atoms with van der Waals surface area (Å²) >= 11 is 5.54. The first kappa shape index (κ1) is 12.5. The highest BCUT2D eigenvalue weighted by Gasteiger charge is 2.34. The van der Waals surface area contributed by atoms with Crippen LogP contribution in [0.3, 0.4) is 0 Å². The van der Waals surface area contributed by atoms with E-state index >= 15 is 0 Å². The quantitative estimate of drug-likeness (QED) is 0.785. The predicted molar refractivity (Wildman–Crippen MR) is 60.7 cm³/mol. The largest absolute Gasteiger partial charge is 0.479 e. The van der Waals surface area contributed by atoms with Crippen molar-refractivity contribution in [2.24, 2.45) is 0 Å². The Morgan fingerprint density at radius 1 is 1.38 bits per heavy atom. The lowest BCUT2D eigenvalue weighted by atomic mass is 10.0. The molecule has 86 valence electrons. The fraction of sp³-hybridized carbons (Fsp3) is 0.273. The Hall–Kier alpha value is -1.55. The second-order valence-corrected chi connectivity index (χ2v) is 3.86. The number of halogens is 1. The zero-order chi connectivity index (χ0) is 12.2. The number of carboxylic acids is 1. The van der Waals surface area contributed by atoms with Gasteiger partial charge in [-0.25, -0.2) is 4.79 Å². The van der Waals surface area contributed by atoms with Crippen LogP contribution in [0.1, 0.15) is 17.3 Å². The lowest BCUT2D eigenvalue weighted by Crippen LogP contribution is -2.53. The fourth-order valence-corrected chi connectivity index (χ4v) is 1.24. The Morgan fingerprint density at radius 3 is 2.38 bits per heavy atom. The molecule has 0 bridgehead atoms. The normalized spacial score (nSPS) is 13.9. The van der Waals surface area contributed by atoms with Gasteiger partial charge in [0.2, 0.25) is 0 Å². The number of carbonyl (C=O) groups is 2. The van der Waals surface area contributed by atoms with E-state index in [0.717, 1.165) is 0 Å². The number of hydrogen-bond acceptors (Lipinski definition) is 2. The van der Waals surface area contributed by atoms with Crippen molar-refractivity contribution in [3.05, 3.63) is 35.9 Å². The minimum Gasteiger partial charge on any atom is -0.479 e. The molecule has 5 heteroatoms. The van der Waals surface area contributed by atoms with E-state index in [9.17, 15) is 9.59 Å². The van der Waals surface area contributed by atoms with Gasteiger partial charge in [-0.2, -0.15) is 0 Å². The third kappa shape index (κ3) is 2.73. The average molecular weight is 242 g/mol. The highest BCUT2D eigenvalue weighted by atomic mass is 35.5. The maximum Gasteiger partial charge on any atom is 0.330 e. The summed E-state index contributed by atoms with van der Waals surface area (Å²) in [5.74, 6) is -1.81. The standard InChI is InChI=1S/C11H12ClNO3/c1-11(7-12,10(15)16)13-9(14)8-5-3-2-4-6-8/h2-6H,7H2,1H3,(H,13,14)(H,15,16). The maximum absolute atomic E-state index is 11.7. The van der Waals surface area contributed by atoms with Crippen LogP contribution < -0.4 is 5.32 Å². The van der Waals surface area contributed by atoms with Gasteiger partial charge >= 0.3 is 5.97 Å². The maximum atomic E-state index is 11.7. The highest BCUT2D eigenvalue weighted by Crippen LogP contribution is 2.09. The van der Waals surface area contributed by atoms with E-state index in [1.54, 1.807) is 30.3 Å². The summed E-state index contributed by atoms with van der Waals surface area (Å²) in [7, 11) is 0. The van der Waals surface area contributed by atoms with Crippen LogP contribution in [0, 0.1) is 0 Å². The second kappa shape index (κ2) is 4.99. The molecule has 1 atom stereocenters. The molecule has 0 aromatic heterocycles. The van der Waals surface area contributed by atoms with E-state index in [1.165, 1.54) is 6.92 Å². The number of carboxylic acid groups (broad SMARTS) is 1. The molecule has 16 heavy (non-hydrogen) atoms. The topological polar surface area (TPSA) is 66.4 Å². The first-order valence-electron chi connectivity index (χ1n) is 4.66. The van der Waals surface area contributed by atoms with Gasteiger partial charge in [0.25, 0.3) is 5.91 Å². The van der Waals surface area contributed by atoms with Crippen LogP contribution >= 0.6 is 11.6 Å². The molecular weight excluding hydrogens is 230 g/mol. The van der Waals surface area contributed by atoms with Crippen LogP contribution in [0.4, 0.5) is 0 Å². The number of rotatable bonds is 4. The molecule has 1 unspecified atom stereocenters. The molecule has 0 aliphatic rings. The molecule has 2 N–H and O–H groups in total. The van der Waals surface area contributed by atoms with Gasteiger partial charge in [0.05, 0.1) is 5.88 Å². The van der Waals surface area contributed by atoms with Crippen molar-refractivity contribution < 1.29 is 14.7 Å². The van der Waals surface area contributed by atoms with Gasteiger partial charge in [-0.15, -0.1) is 11.6 Å². The van der Waals surface area contributed by atoms with Crippen LogP contribution in [-0.4, -0.2) is 28.4 Å². The van der Waals surface area contributed by atoms with Crippen LogP contribution in [0.15, 0.2) is 30.3 Å². The number of carbonyl (C=O) groups excluding carboxylic acids is 1. The summed E-state index contributed by atoms with van der Waals surface area (Å²) in [5, 5.41) is 11.3. The van der Waals surface area contributed by atoms with Gasteiger partial charge in [-0.3, -0.25) is 4.79 Å². The minimum atomic E-state index is -1.45. The lowest BCUT2D eigenvalue weighted by molar-refractivity contribution is -0.142. The molecule has 0 aliphatic carbocycles. The molecule has 1 aromatic carbocycles. The lowest BCUT2D eigenvalue weighted by Gasteiger charge is -2.23. The van der Waals surface area contributed by atoms with Gasteiger partial charge < -0.3 is 10.4 Å². The van der Waals surface area contributed by atoms with Gasteiger partial charge in [-0.05, 0) is 19.1 Å². The van der Waals surface area contributed by atoms with Crippen LogP contribution in [-0.2, 0) is 4.79 Å². The summed E-state index contributed by atoms with van der Waals surface area (Å²) in [6, 6.07) is 8.38. The summed E-state index contributed by atoms with van der Waals surface area (Å²) in [6.45, 7) is 1.36. The van der Waals surface area contributed by atoms with Crippen LogP contribution in [0.5, 0.6) is 0 Å². The van der Waals surface area contributed by atoms with E-state index in [-0.39, 0.29) is 5.88 Å². The monoisotopic (exact) mass is 241 g/mol. The molecule has 0 fully saturated rings. The highest BCUT2D eigenvalue weighted by molar-refractivity contribution is 6.20. The Morgan fingerprint density at radius 2 is 1.94 bits per heavy atom. The number of aliphatic carboxylic acids is 1. The van der Waals surface area contributed by atoms with E-state index in [1.807, 2.05) is 0 Å². The SMILES string of the molecule is CC(CCl)(NC(=O)c1ccccc1)C(=O)O. The Kier molecular flexibility index (Phi) is 3.90. The van der Waals surface area contributed by atoms with E-state index in [2.05, 4.69) is 5.32 Å². The number of benzene rings is 1. The summed E-state index contributed by atoms with van der Waals surface area (Å²) in [4.78, 5) is 22.6. The predicted octanol–water partition coefficient (Wildman–Crippen LogP) is 1.50. The average Bonchev–Trinajstić information content (AvgIpc) is 2.29. The molecular formula is C11H12ClNO3. The molecule has 1 rings (SSSR count). The second-order valence-electron chi connectivity index (χ2n) is 3.59. The van der Waals surface area contributed by atoms with E-state index in [4.69, 9.17) is 16.7 Å². The van der Waals surface area contributed by atoms with Crippen LogP contribution in [0.25, 0.3) is 0 Å². The first-order chi connectivity index (χ1) is 7.49. The molecule has 0 radical (unpaired) electrons. The summed E-state index contributed by atoms with van der Waals surface area (Å²) in [6.07, 6.45) is 0. The number of nitrogens with one attached hydrogen (secondary N) is 1. The van der Waals surface area contributed by atoms with Gasteiger partial charge in [0.1, 0.15) is 5.54 Å². The molecule has 0 aliphatic heterocycles. The molecule has 4 nitrogen and oxygen atoms in total. The van der Waals surface area contributed by atoms with Gasteiger partial charge in [-0.1, -0.05) is 18.2 Å². The molecule has 1 amide bonds. The van der Waals surface area contributed by atoms with E-state index < -0.39 is 17.4 Å². The van der Waals surface area contributed by atoms with E-state index in [0.29, 0.717) is 5.56 Å². The van der Waals surface area contributed by atoms with Crippen molar-refractivity contribution in [1.82, 2.24) is 5.32 Å². The Bertz CT molecular complexity index is 393. The van der Waals surface area contributed by atoms with Crippen molar-refractivity contribution >= 4 is 23.5 Å². The van der Waals surface area contributed by atoms with Crippen molar-refractivity contribution in [2.45, 2.75) is 12.5 Å². The summed E-state index contributed by atoms with van der Waals surface area (Å²) in [5.41, 5.74) is -1.05. The van der Waals surface area contributed by atoms with Crippen LogP contribution in [0.2, 0.25) is 0 Å². The van der Waals surface area contributed by atoms with Crippen molar-refractivity contribution in [3.63, 3.8) is 0 Å². The van der Waals surface area contributed by atoms with Crippen molar-refractivity contribution in [1.29, 1.82) is 0 Å². The molecule has 0 saturated heterocycles. The molecule has 0 spiro atoms. The zero-order valence-corrected chi connectivity index (χ0v) is 9.49.